The van der Waals surface area contributed by atoms with Gasteiger partial charge in [-0.3, -0.25) is 0 Å². The minimum atomic E-state index is 0.445. The zero-order valence-corrected chi connectivity index (χ0v) is 15.5. The molecule has 23 heavy (non-hydrogen) atoms. The fourth-order valence-electron chi connectivity index (χ4n) is 3.74. The van der Waals surface area contributed by atoms with E-state index < -0.39 is 0 Å². The number of hydrogen-bond donors (Lipinski definition) is 1. The first-order chi connectivity index (χ1) is 11.0. The Labute approximate surface area is 146 Å². The highest BCUT2D eigenvalue weighted by Crippen LogP contribution is 2.33. The number of nitrogens with zero attached hydrogens (tertiary/aromatic N) is 2. The highest BCUT2D eigenvalue weighted by molar-refractivity contribution is 7.80. The Hall–Kier alpha value is -1.13. The lowest BCUT2D eigenvalue weighted by Crippen LogP contribution is -2.48. The molecular weight excluding hydrogens is 302 g/mol. The van der Waals surface area contributed by atoms with Crippen LogP contribution in [0.5, 0.6) is 0 Å². The van der Waals surface area contributed by atoms with Crippen molar-refractivity contribution in [2.75, 3.05) is 26.7 Å². The SMILES string of the molecule is Cc1ccc([C@@H]2CCCN2C(=S)NC2CCN(C)CC2)cc1C. The van der Waals surface area contributed by atoms with Crippen molar-refractivity contribution in [2.24, 2.45) is 0 Å². The molecule has 4 heteroatoms. The van der Waals surface area contributed by atoms with Gasteiger partial charge < -0.3 is 15.1 Å². The van der Waals surface area contributed by atoms with E-state index in [9.17, 15) is 0 Å². The highest BCUT2D eigenvalue weighted by atomic mass is 32.1. The summed E-state index contributed by atoms with van der Waals surface area (Å²) in [7, 11) is 2.20. The lowest BCUT2D eigenvalue weighted by atomic mass is 9.99. The molecule has 0 radical (unpaired) electrons. The second-order valence-corrected chi connectivity index (χ2v) is 7.61. The summed E-state index contributed by atoms with van der Waals surface area (Å²) in [5.74, 6) is 0. The fourth-order valence-corrected chi connectivity index (χ4v) is 4.12. The van der Waals surface area contributed by atoms with Crippen LogP contribution in [-0.4, -0.2) is 47.6 Å². The molecule has 0 aliphatic carbocycles. The van der Waals surface area contributed by atoms with E-state index in [0.717, 1.165) is 11.7 Å². The zero-order chi connectivity index (χ0) is 16.4. The Morgan fingerprint density at radius 1 is 1.09 bits per heavy atom. The number of piperidine rings is 1. The van der Waals surface area contributed by atoms with Crippen LogP contribution in [0.4, 0.5) is 0 Å². The molecule has 1 aromatic carbocycles. The molecule has 0 aromatic heterocycles. The standard InChI is InChI=1S/C19H29N3S/c1-14-6-7-16(13-15(14)2)18-5-4-10-22(18)19(23)20-17-8-11-21(3)12-9-17/h6-7,13,17-18H,4-5,8-12H2,1-3H3,(H,20,23)/t18-/m0/s1. The minimum absolute atomic E-state index is 0.445. The summed E-state index contributed by atoms with van der Waals surface area (Å²) in [6, 6.07) is 7.86. The summed E-state index contributed by atoms with van der Waals surface area (Å²) in [6.45, 7) is 7.79. The van der Waals surface area contributed by atoms with Crippen LogP contribution in [0.1, 0.15) is 48.4 Å². The third-order valence-corrected chi connectivity index (χ3v) is 5.83. The Bertz CT molecular complexity index is 564. The van der Waals surface area contributed by atoms with Gasteiger partial charge in [0.1, 0.15) is 0 Å². The lowest BCUT2D eigenvalue weighted by Gasteiger charge is -2.34. The molecule has 0 spiro atoms. The molecule has 2 fully saturated rings. The maximum atomic E-state index is 5.76. The van der Waals surface area contributed by atoms with Crippen LogP contribution in [0, 0.1) is 13.8 Å². The molecule has 1 N–H and O–H groups in total. The second-order valence-electron chi connectivity index (χ2n) is 7.22. The number of likely N-dealkylation sites (tertiary alicyclic amines) is 2. The number of nitrogens with one attached hydrogen (secondary N) is 1. The molecule has 0 bridgehead atoms. The molecular formula is C19H29N3S. The van der Waals surface area contributed by atoms with Gasteiger partial charge in [0.2, 0.25) is 0 Å². The highest BCUT2D eigenvalue weighted by Gasteiger charge is 2.29. The van der Waals surface area contributed by atoms with Crippen molar-refractivity contribution in [2.45, 2.75) is 51.6 Å². The van der Waals surface area contributed by atoms with Gasteiger partial charge in [-0.15, -0.1) is 0 Å². The predicted octanol–water partition coefficient (Wildman–Crippen LogP) is 3.41. The average Bonchev–Trinajstić information content (AvgIpc) is 3.02. The van der Waals surface area contributed by atoms with Crippen LogP contribution in [0.25, 0.3) is 0 Å². The topological polar surface area (TPSA) is 18.5 Å². The Morgan fingerprint density at radius 3 is 2.52 bits per heavy atom. The Balaban J connectivity index is 1.66. The van der Waals surface area contributed by atoms with Gasteiger partial charge in [0.25, 0.3) is 0 Å². The molecule has 126 valence electrons. The maximum Gasteiger partial charge on any atom is 0.169 e. The molecule has 1 atom stereocenters. The third kappa shape index (κ3) is 3.86. The van der Waals surface area contributed by atoms with Crippen LogP contribution in [0.15, 0.2) is 18.2 Å². The van der Waals surface area contributed by atoms with E-state index in [1.807, 2.05) is 0 Å². The zero-order valence-electron chi connectivity index (χ0n) is 14.6. The van der Waals surface area contributed by atoms with E-state index in [2.05, 4.69) is 54.2 Å². The monoisotopic (exact) mass is 331 g/mol. The van der Waals surface area contributed by atoms with Gasteiger partial charge in [0.15, 0.2) is 5.11 Å². The van der Waals surface area contributed by atoms with Crippen LogP contribution >= 0.6 is 12.2 Å². The van der Waals surface area contributed by atoms with E-state index in [4.69, 9.17) is 12.2 Å². The Kier molecular flexibility index (Phi) is 5.22. The normalized spacial score (nSPS) is 23.3. The minimum Gasteiger partial charge on any atom is -0.360 e. The molecule has 0 unspecified atom stereocenters. The summed E-state index contributed by atoms with van der Waals surface area (Å²) in [4.78, 5) is 4.81. The quantitative estimate of drug-likeness (QED) is 0.837. The van der Waals surface area contributed by atoms with Crippen LogP contribution in [-0.2, 0) is 0 Å². The maximum absolute atomic E-state index is 5.76. The van der Waals surface area contributed by atoms with E-state index in [0.29, 0.717) is 12.1 Å². The second kappa shape index (κ2) is 7.18. The summed E-state index contributed by atoms with van der Waals surface area (Å²) in [6.07, 6.45) is 4.82. The molecule has 3 nitrogen and oxygen atoms in total. The van der Waals surface area contributed by atoms with Crippen molar-refractivity contribution in [1.29, 1.82) is 0 Å². The van der Waals surface area contributed by atoms with Crippen molar-refractivity contribution in [3.8, 4) is 0 Å². The largest absolute Gasteiger partial charge is 0.360 e. The first kappa shape index (κ1) is 16.7. The van der Waals surface area contributed by atoms with Gasteiger partial charge in [-0.2, -0.15) is 0 Å². The van der Waals surface area contributed by atoms with Gasteiger partial charge in [-0.05, 0) is 88.6 Å². The molecule has 2 saturated heterocycles. The number of aryl methyl sites for hydroxylation is 2. The van der Waals surface area contributed by atoms with Crippen molar-refractivity contribution in [1.82, 2.24) is 15.1 Å². The van der Waals surface area contributed by atoms with Crippen molar-refractivity contribution in [3.63, 3.8) is 0 Å². The third-order valence-electron chi connectivity index (χ3n) is 5.48. The van der Waals surface area contributed by atoms with E-state index in [1.165, 1.54) is 55.5 Å². The summed E-state index contributed by atoms with van der Waals surface area (Å²) >= 11 is 5.76. The first-order valence-corrected chi connectivity index (χ1v) is 9.28. The van der Waals surface area contributed by atoms with E-state index >= 15 is 0 Å². The van der Waals surface area contributed by atoms with Crippen LogP contribution in [0.3, 0.4) is 0 Å². The molecule has 0 amide bonds. The molecule has 2 aliphatic heterocycles. The van der Waals surface area contributed by atoms with E-state index in [1.54, 1.807) is 0 Å². The molecule has 3 rings (SSSR count). The van der Waals surface area contributed by atoms with Gasteiger partial charge in [-0.25, -0.2) is 0 Å². The van der Waals surface area contributed by atoms with Crippen LogP contribution in [0.2, 0.25) is 0 Å². The fraction of sp³-hybridized carbons (Fsp3) is 0.632. The molecule has 2 heterocycles. The van der Waals surface area contributed by atoms with Crippen LogP contribution < -0.4 is 5.32 Å². The van der Waals surface area contributed by atoms with Gasteiger partial charge in [0.05, 0.1) is 6.04 Å². The summed E-state index contributed by atoms with van der Waals surface area (Å²) in [5, 5.41) is 4.60. The van der Waals surface area contributed by atoms with Crippen molar-refractivity contribution < 1.29 is 0 Å². The van der Waals surface area contributed by atoms with Gasteiger partial charge in [0, 0.05) is 12.6 Å². The number of thiocarbonyl (C=S) groups is 1. The summed E-state index contributed by atoms with van der Waals surface area (Å²) in [5.41, 5.74) is 4.16. The number of hydrogen-bond acceptors (Lipinski definition) is 2. The number of benzene rings is 1. The van der Waals surface area contributed by atoms with Crippen molar-refractivity contribution in [3.05, 3.63) is 34.9 Å². The first-order valence-electron chi connectivity index (χ1n) is 8.87. The predicted molar refractivity (Wildman–Crippen MR) is 101 cm³/mol. The average molecular weight is 332 g/mol. The molecule has 1 aromatic rings. The Morgan fingerprint density at radius 2 is 1.83 bits per heavy atom. The van der Waals surface area contributed by atoms with E-state index in [-0.39, 0.29) is 0 Å². The van der Waals surface area contributed by atoms with Crippen molar-refractivity contribution >= 4 is 17.3 Å². The van der Waals surface area contributed by atoms with Gasteiger partial charge in [-0.1, -0.05) is 18.2 Å². The summed E-state index contributed by atoms with van der Waals surface area (Å²) < 4.78 is 0. The van der Waals surface area contributed by atoms with Gasteiger partial charge >= 0.3 is 0 Å². The lowest BCUT2D eigenvalue weighted by molar-refractivity contribution is 0.243. The number of rotatable bonds is 2. The molecule has 2 aliphatic rings. The smallest absolute Gasteiger partial charge is 0.169 e. The molecule has 0 saturated carbocycles.